The number of nitrogens with one attached hydrogen (secondary N) is 1. The lowest BCUT2D eigenvalue weighted by Crippen LogP contribution is -2.62. The molecule has 19 heavy (non-hydrogen) atoms. The van der Waals surface area contributed by atoms with E-state index in [1.165, 1.54) is 0 Å². The summed E-state index contributed by atoms with van der Waals surface area (Å²) < 4.78 is 24.7. The van der Waals surface area contributed by atoms with Crippen molar-refractivity contribution >= 4 is 15.9 Å². The third-order valence-electron chi connectivity index (χ3n) is 3.53. The zero-order chi connectivity index (χ0) is 14.8. The Bertz CT molecular complexity index is 434. The second kappa shape index (κ2) is 5.76. The van der Waals surface area contributed by atoms with Gasteiger partial charge >= 0.3 is 0 Å². The minimum absolute atomic E-state index is 0.0759. The lowest BCUT2D eigenvalue weighted by molar-refractivity contribution is -0.137. The first-order chi connectivity index (χ1) is 8.57. The molecule has 1 amide bonds. The molecule has 0 aromatic heterocycles. The highest BCUT2D eigenvalue weighted by Crippen LogP contribution is 2.20. The summed E-state index contributed by atoms with van der Waals surface area (Å²) in [7, 11) is -3.36. The first kappa shape index (κ1) is 16.4. The van der Waals surface area contributed by atoms with Gasteiger partial charge in [0.25, 0.3) is 0 Å². The van der Waals surface area contributed by atoms with Gasteiger partial charge in [-0.2, -0.15) is 0 Å². The highest BCUT2D eigenvalue weighted by molar-refractivity contribution is 7.88. The molecule has 1 aliphatic rings. The fraction of sp³-hybridized carbons (Fsp3) is 0.917. The molecule has 0 spiro atoms. The third kappa shape index (κ3) is 4.43. The van der Waals surface area contributed by atoms with Crippen molar-refractivity contribution in [2.75, 3.05) is 32.4 Å². The lowest BCUT2D eigenvalue weighted by Gasteiger charge is -2.47. The standard InChI is InChI=1S/C12H25N3O3S/c1-6-15-8-7-14(9-12(15,3)4)11(16)10(2)13-19(5,17)18/h10,13H,6-9H2,1-5H3/t10-/m1/s1. The molecular weight excluding hydrogens is 266 g/mol. The fourth-order valence-corrected chi connectivity index (χ4v) is 3.35. The highest BCUT2D eigenvalue weighted by Gasteiger charge is 2.36. The maximum absolute atomic E-state index is 12.2. The van der Waals surface area contributed by atoms with E-state index in [0.717, 1.165) is 19.3 Å². The number of nitrogens with zero attached hydrogens (tertiary/aromatic N) is 2. The van der Waals surface area contributed by atoms with Crippen molar-refractivity contribution in [2.45, 2.75) is 39.3 Å². The van der Waals surface area contributed by atoms with Crippen LogP contribution in [0.5, 0.6) is 0 Å². The average Bonchev–Trinajstić information content (AvgIpc) is 2.24. The number of sulfonamides is 1. The summed E-state index contributed by atoms with van der Waals surface area (Å²) in [5.74, 6) is -0.158. The van der Waals surface area contributed by atoms with E-state index in [0.29, 0.717) is 13.1 Å². The van der Waals surface area contributed by atoms with Crippen molar-refractivity contribution in [1.29, 1.82) is 0 Å². The second-order valence-corrected chi connectivity index (χ2v) is 7.54. The molecule has 7 heteroatoms. The van der Waals surface area contributed by atoms with Gasteiger partial charge in [0.15, 0.2) is 0 Å². The SMILES string of the molecule is CCN1CCN(C(=O)[C@@H](C)NS(C)(=O)=O)CC1(C)C. The molecule has 6 nitrogen and oxygen atoms in total. The minimum Gasteiger partial charge on any atom is -0.338 e. The zero-order valence-electron chi connectivity index (χ0n) is 12.4. The molecule has 0 aromatic rings. The molecule has 0 saturated carbocycles. The smallest absolute Gasteiger partial charge is 0.240 e. The van der Waals surface area contributed by atoms with Gasteiger partial charge in [-0.3, -0.25) is 9.69 Å². The first-order valence-electron chi connectivity index (χ1n) is 6.58. The number of piperazine rings is 1. The van der Waals surface area contributed by atoms with Gasteiger partial charge in [-0.25, -0.2) is 13.1 Å². The molecule has 1 N–H and O–H groups in total. The van der Waals surface area contributed by atoms with E-state index in [1.807, 2.05) is 0 Å². The van der Waals surface area contributed by atoms with Crippen molar-refractivity contribution in [1.82, 2.24) is 14.5 Å². The van der Waals surface area contributed by atoms with Crippen molar-refractivity contribution in [2.24, 2.45) is 0 Å². The zero-order valence-corrected chi connectivity index (χ0v) is 13.2. The molecule has 1 fully saturated rings. The quantitative estimate of drug-likeness (QED) is 0.783. The third-order valence-corrected chi connectivity index (χ3v) is 4.31. The summed E-state index contributed by atoms with van der Waals surface area (Å²) in [6.45, 7) is 10.9. The molecule has 0 radical (unpaired) electrons. The maximum Gasteiger partial charge on any atom is 0.240 e. The second-order valence-electron chi connectivity index (χ2n) is 5.76. The highest BCUT2D eigenvalue weighted by atomic mass is 32.2. The fourth-order valence-electron chi connectivity index (χ4n) is 2.61. The topological polar surface area (TPSA) is 69.7 Å². The van der Waals surface area contributed by atoms with E-state index in [-0.39, 0.29) is 11.4 Å². The molecule has 1 atom stereocenters. The van der Waals surface area contributed by atoms with Crippen LogP contribution in [-0.2, 0) is 14.8 Å². The molecular formula is C12H25N3O3S. The summed E-state index contributed by atoms with van der Waals surface area (Å²) in [6.07, 6.45) is 1.07. The maximum atomic E-state index is 12.2. The van der Waals surface area contributed by atoms with Crippen LogP contribution in [0.15, 0.2) is 0 Å². The lowest BCUT2D eigenvalue weighted by atomic mass is 9.98. The molecule has 1 rings (SSSR count). The summed E-state index contributed by atoms with van der Waals surface area (Å²) >= 11 is 0. The van der Waals surface area contributed by atoms with Crippen LogP contribution in [0.2, 0.25) is 0 Å². The Balaban J connectivity index is 2.70. The van der Waals surface area contributed by atoms with Gasteiger partial charge in [-0.05, 0) is 27.3 Å². The number of likely N-dealkylation sites (N-methyl/N-ethyl adjacent to an activating group) is 1. The summed E-state index contributed by atoms with van der Waals surface area (Å²) in [5.41, 5.74) is -0.0759. The van der Waals surface area contributed by atoms with Gasteiger partial charge in [-0.1, -0.05) is 6.92 Å². The van der Waals surface area contributed by atoms with Crippen molar-refractivity contribution in [3.63, 3.8) is 0 Å². The Kier molecular flexibility index (Phi) is 4.97. The molecule has 0 aromatic carbocycles. The van der Waals surface area contributed by atoms with Crippen LogP contribution in [0.3, 0.4) is 0 Å². The molecule has 1 aliphatic heterocycles. The largest absolute Gasteiger partial charge is 0.338 e. The van der Waals surface area contributed by atoms with Crippen LogP contribution in [-0.4, -0.2) is 68.1 Å². The molecule has 0 aliphatic carbocycles. The summed E-state index contributed by atoms with van der Waals surface area (Å²) in [4.78, 5) is 16.3. The van der Waals surface area contributed by atoms with Gasteiger partial charge in [-0.15, -0.1) is 0 Å². The van der Waals surface area contributed by atoms with Crippen LogP contribution < -0.4 is 4.72 Å². The molecule has 0 unspecified atom stereocenters. The Hall–Kier alpha value is -0.660. The predicted molar refractivity (Wildman–Crippen MR) is 75.3 cm³/mol. The Morgan fingerprint density at radius 1 is 1.37 bits per heavy atom. The minimum atomic E-state index is -3.36. The first-order valence-corrected chi connectivity index (χ1v) is 8.47. The van der Waals surface area contributed by atoms with E-state index >= 15 is 0 Å². The number of hydrogen-bond acceptors (Lipinski definition) is 4. The summed E-state index contributed by atoms with van der Waals surface area (Å²) in [5, 5.41) is 0. The van der Waals surface area contributed by atoms with E-state index in [9.17, 15) is 13.2 Å². The Labute approximate surface area is 116 Å². The molecule has 112 valence electrons. The average molecular weight is 291 g/mol. The Morgan fingerprint density at radius 2 is 1.95 bits per heavy atom. The monoisotopic (exact) mass is 291 g/mol. The number of amides is 1. The van der Waals surface area contributed by atoms with Crippen LogP contribution in [0.25, 0.3) is 0 Å². The van der Waals surface area contributed by atoms with Crippen LogP contribution in [0, 0.1) is 0 Å². The predicted octanol–water partition coefficient (Wildman–Crippen LogP) is -0.133. The van der Waals surface area contributed by atoms with Crippen molar-refractivity contribution in [3.05, 3.63) is 0 Å². The van der Waals surface area contributed by atoms with E-state index < -0.39 is 16.1 Å². The van der Waals surface area contributed by atoms with Gasteiger partial charge in [0.2, 0.25) is 15.9 Å². The number of rotatable bonds is 4. The van der Waals surface area contributed by atoms with E-state index in [4.69, 9.17) is 0 Å². The van der Waals surface area contributed by atoms with Gasteiger partial charge in [0, 0.05) is 25.2 Å². The summed E-state index contributed by atoms with van der Waals surface area (Å²) in [6, 6.07) is -0.709. The number of carbonyl (C=O) groups excluding carboxylic acids is 1. The number of hydrogen-bond donors (Lipinski definition) is 1. The van der Waals surface area contributed by atoms with Crippen LogP contribution >= 0.6 is 0 Å². The van der Waals surface area contributed by atoms with Crippen molar-refractivity contribution < 1.29 is 13.2 Å². The molecule has 1 saturated heterocycles. The van der Waals surface area contributed by atoms with E-state index in [1.54, 1.807) is 11.8 Å². The number of carbonyl (C=O) groups is 1. The van der Waals surface area contributed by atoms with Gasteiger partial charge < -0.3 is 4.90 Å². The van der Waals surface area contributed by atoms with Crippen LogP contribution in [0.1, 0.15) is 27.7 Å². The van der Waals surface area contributed by atoms with Crippen molar-refractivity contribution in [3.8, 4) is 0 Å². The van der Waals surface area contributed by atoms with Gasteiger partial charge in [0.1, 0.15) is 0 Å². The normalized spacial score (nSPS) is 22.3. The van der Waals surface area contributed by atoms with Gasteiger partial charge in [0.05, 0.1) is 12.3 Å². The van der Waals surface area contributed by atoms with Crippen LogP contribution in [0.4, 0.5) is 0 Å². The Morgan fingerprint density at radius 3 is 2.37 bits per heavy atom. The van der Waals surface area contributed by atoms with E-state index in [2.05, 4.69) is 30.4 Å². The molecule has 1 heterocycles. The molecule has 0 bridgehead atoms.